The molecule has 0 bridgehead atoms. The van der Waals surface area contributed by atoms with Crippen molar-refractivity contribution in [3.8, 4) is 0 Å². The Morgan fingerprint density at radius 3 is 2.22 bits per heavy atom. The van der Waals surface area contributed by atoms with Gasteiger partial charge in [0.05, 0.1) is 22.9 Å². The normalized spacial score (nSPS) is 16.4. The second-order valence-corrected chi connectivity index (χ2v) is 10.4. The minimum atomic E-state index is -4.53. The number of nitrogens with zero attached hydrogens (tertiary/aromatic N) is 4. The number of benzene rings is 3. The number of hydrazone groups is 1. The first-order chi connectivity index (χ1) is 17.4. The Morgan fingerprint density at radius 1 is 0.973 bits per heavy atom. The Balaban J connectivity index is 1.77. The predicted molar refractivity (Wildman–Crippen MR) is 130 cm³/mol. The van der Waals surface area contributed by atoms with Crippen LogP contribution < -0.4 is 5.01 Å². The van der Waals surface area contributed by atoms with Gasteiger partial charge in [-0.3, -0.25) is 13.9 Å². The zero-order valence-electron chi connectivity index (χ0n) is 18.9. The summed E-state index contributed by atoms with van der Waals surface area (Å²) < 4.78 is 69.8. The monoisotopic (exact) mass is 546 g/mol. The van der Waals surface area contributed by atoms with Crippen LogP contribution in [0.3, 0.4) is 0 Å². The van der Waals surface area contributed by atoms with Crippen molar-refractivity contribution in [2.75, 3.05) is 11.6 Å². The maximum atomic E-state index is 13.0. The zero-order chi connectivity index (χ0) is 27.0. The molecule has 1 heterocycles. The van der Waals surface area contributed by atoms with Crippen molar-refractivity contribution in [1.29, 1.82) is 0 Å². The topological polar surface area (TPSA) is 192 Å². The number of ether oxygens (including phenoxy) is 1. The van der Waals surface area contributed by atoms with Crippen molar-refractivity contribution in [2.45, 2.75) is 22.9 Å². The molecule has 3 aromatic rings. The average molecular weight is 547 g/mol. The number of carbonyl (C=O) groups is 2. The number of carbonyl (C=O) groups excluding carboxylic acids is 2. The maximum absolute atomic E-state index is 13.0. The third-order valence-corrected chi connectivity index (χ3v) is 6.97. The number of hydrogen-bond acceptors (Lipinski definition) is 11. The molecule has 13 nitrogen and oxygen atoms in total. The Kier molecular flexibility index (Phi) is 6.88. The van der Waals surface area contributed by atoms with Gasteiger partial charge in [-0.25, -0.2) is 9.80 Å². The van der Waals surface area contributed by atoms with E-state index >= 15 is 0 Å². The SMILES string of the molecule is CCOC(=O)C1=NN(c2ccc(S(=O)(=O)O)cc2)C(N=Nc2ccc(S(=O)(=O)O)c3ccccc23)C1=O. The summed E-state index contributed by atoms with van der Waals surface area (Å²) >= 11 is 0. The summed E-state index contributed by atoms with van der Waals surface area (Å²) in [6, 6.07) is 13.2. The lowest BCUT2D eigenvalue weighted by Crippen LogP contribution is -2.34. The molecule has 3 aromatic carbocycles. The van der Waals surface area contributed by atoms with Gasteiger partial charge in [-0.15, -0.1) is 0 Å². The standard InChI is InChI=1S/C22H18N4O9S2/c1-2-35-22(28)19-20(27)21(26(25-19)13-7-9-14(10-8-13)36(29,30)31)24-23-17-11-12-18(37(32,33)34)16-6-4-3-5-15(16)17/h3-12,21H,2H2,1H3,(H,29,30,31)(H,32,33,34). The average Bonchev–Trinajstić information content (AvgIpc) is 3.17. The van der Waals surface area contributed by atoms with Gasteiger partial charge < -0.3 is 4.74 Å². The molecule has 2 N–H and O–H groups in total. The van der Waals surface area contributed by atoms with Crippen LogP contribution in [0, 0.1) is 0 Å². The molecule has 1 unspecified atom stereocenters. The molecule has 1 aliphatic rings. The van der Waals surface area contributed by atoms with E-state index in [9.17, 15) is 35.5 Å². The molecule has 0 saturated carbocycles. The van der Waals surface area contributed by atoms with Gasteiger partial charge in [0, 0.05) is 10.8 Å². The number of fused-ring (bicyclic) bond motifs is 1. The van der Waals surface area contributed by atoms with Gasteiger partial charge in [-0.2, -0.15) is 32.2 Å². The molecule has 0 aromatic heterocycles. The predicted octanol–water partition coefficient (Wildman–Crippen LogP) is 2.75. The first-order valence-electron chi connectivity index (χ1n) is 10.5. The largest absolute Gasteiger partial charge is 0.461 e. The minimum Gasteiger partial charge on any atom is -0.461 e. The van der Waals surface area contributed by atoms with E-state index in [0.717, 1.165) is 23.2 Å². The Labute approximate surface area is 210 Å². The molecule has 37 heavy (non-hydrogen) atoms. The number of anilines is 1. The van der Waals surface area contributed by atoms with Crippen LogP contribution in [0.4, 0.5) is 11.4 Å². The molecule has 192 valence electrons. The summed E-state index contributed by atoms with van der Waals surface area (Å²) in [6.07, 6.45) is -1.49. The highest BCUT2D eigenvalue weighted by molar-refractivity contribution is 7.86. The van der Waals surface area contributed by atoms with E-state index in [1.165, 1.54) is 24.3 Å². The van der Waals surface area contributed by atoms with Crippen LogP contribution in [0.25, 0.3) is 10.8 Å². The van der Waals surface area contributed by atoms with E-state index in [4.69, 9.17) is 4.74 Å². The first-order valence-corrected chi connectivity index (χ1v) is 13.4. The van der Waals surface area contributed by atoms with E-state index in [1.54, 1.807) is 25.1 Å². The quantitative estimate of drug-likeness (QED) is 0.253. The lowest BCUT2D eigenvalue weighted by Gasteiger charge is -2.18. The number of rotatable bonds is 7. The van der Waals surface area contributed by atoms with Gasteiger partial charge in [0.1, 0.15) is 4.90 Å². The molecule has 0 fully saturated rings. The smallest absolute Gasteiger partial charge is 0.362 e. The third kappa shape index (κ3) is 5.24. The Hall–Kier alpha value is -4.05. The lowest BCUT2D eigenvalue weighted by molar-refractivity contribution is -0.135. The fourth-order valence-electron chi connectivity index (χ4n) is 3.54. The fourth-order valence-corrected chi connectivity index (χ4v) is 4.72. The van der Waals surface area contributed by atoms with E-state index in [0.29, 0.717) is 5.39 Å². The third-order valence-electron chi connectivity index (χ3n) is 5.19. The van der Waals surface area contributed by atoms with Crippen LogP contribution in [-0.2, 0) is 34.6 Å². The van der Waals surface area contributed by atoms with Gasteiger partial charge in [-0.05, 0) is 43.3 Å². The number of hydrogen-bond donors (Lipinski definition) is 2. The first kappa shape index (κ1) is 26.0. The summed E-state index contributed by atoms with van der Waals surface area (Å²) in [5.41, 5.74) is -0.256. The highest BCUT2D eigenvalue weighted by atomic mass is 32.2. The summed E-state index contributed by atoms with van der Waals surface area (Å²) in [7, 11) is -9.01. The molecule has 4 rings (SSSR count). The molecule has 1 aliphatic heterocycles. The fraction of sp³-hybridized carbons (Fsp3) is 0.136. The maximum Gasteiger partial charge on any atom is 0.362 e. The molecular weight excluding hydrogens is 528 g/mol. The van der Waals surface area contributed by atoms with Crippen molar-refractivity contribution in [2.24, 2.45) is 15.3 Å². The second kappa shape index (κ2) is 9.78. The minimum absolute atomic E-state index is 0.0214. The van der Waals surface area contributed by atoms with Gasteiger partial charge in [-0.1, -0.05) is 24.3 Å². The van der Waals surface area contributed by atoms with Crippen LogP contribution in [0.1, 0.15) is 6.92 Å². The molecule has 0 aliphatic carbocycles. The van der Waals surface area contributed by atoms with Crippen molar-refractivity contribution >= 4 is 59.8 Å². The Morgan fingerprint density at radius 2 is 1.62 bits per heavy atom. The van der Waals surface area contributed by atoms with Crippen LogP contribution in [0.2, 0.25) is 0 Å². The van der Waals surface area contributed by atoms with Crippen molar-refractivity contribution in [3.63, 3.8) is 0 Å². The van der Waals surface area contributed by atoms with Crippen molar-refractivity contribution in [3.05, 3.63) is 60.7 Å². The van der Waals surface area contributed by atoms with Crippen LogP contribution in [-0.4, -0.2) is 56.2 Å². The second-order valence-electron chi connectivity index (χ2n) is 7.54. The summed E-state index contributed by atoms with van der Waals surface area (Å²) in [4.78, 5) is 24.6. The van der Waals surface area contributed by atoms with Crippen LogP contribution in [0.5, 0.6) is 0 Å². The highest BCUT2D eigenvalue weighted by Crippen LogP contribution is 2.33. The molecule has 0 saturated heterocycles. The molecule has 0 radical (unpaired) electrons. The van der Waals surface area contributed by atoms with Gasteiger partial charge in [0.15, 0.2) is 0 Å². The highest BCUT2D eigenvalue weighted by Gasteiger charge is 2.41. The van der Waals surface area contributed by atoms with E-state index in [2.05, 4.69) is 15.3 Å². The number of azo groups is 1. The van der Waals surface area contributed by atoms with Crippen LogP contribution in [0.15, 0.2) is 85.8 Å². The van der Waals surface area contributed by atoms with Crippen molar-refractivity contribution < 1.29 is 40.3 Å². The summed E-state index contributed by atoms with van der Waals surface area (Å²) in [6.45, 7) is 1.52. The zero-order valence-corrected chi connectivity index (χ0v) is 20.5. The van der Waals surface area contributed by atoms with E-state index in [1.807, 2.05) is 0 Å². The summed E-state index contributed by atoms with van der Waals surface area (Å²) in [5, 5.41) is 13.6. The molecular formula is C22H18N4O9S2. The molecule has 15 heteroatoms. The lowest BCUT2D eigenvalue weighted by atomic mass is 10.1. The van der Waals surface area contributed by atoms with Crippen LogP contribution >= 0.6 is 0 Å². The van der Waals surface area contributed by atoms with Crippen molar-refractivity contribution in [1.82, 2.24) is 0 Å². The molecule has 0 spiro atoms. The number of Topliss-reactive ketones (excluding diaryl/α,β-unsaturated/α-hetero) is 1. The number of ketones is 1. The molecule has 0 amide bonds. The van der Waals surface area contributed by atoms with Gasteiger partial charge in [0.25, 0.3) is 20.2 Å². The molecule has 1 atom stereocenters. The van der Waals surface area contributed by atoms with Gasteiger partial charge >= 0.3 is 5.97 Å². The van der Waals surface area contributed by atoms with E-state index in [-0.39, 0.29) is 28.3 Å². The number of esters is 1. The summed E-state index contributed by atoms with van der Waals surface area (Å²) in [5.74, 6) is -1.84. The van der Waals surface area contributed by atoms with E-state index < -0.39 is 48.8 Å². The van der Waals surface area contributed by atoms with Gasteiger partial charge in [0.2, 0.25) is 17.7 Å². The Bertz CT molecular complexity index is 1680.